The van der Waals surface area contributed by atoms with E-state index in [1.165, 1.54) is 0 Å². The zero-order chi connectivity index (χ0) is 18.4. The second-order valence-electron chi connectivity index (χ2n) is 6.32. The summed E-state index contributed by atoms with van der Waals surface area (Å²) in [4.78, 5) is 16.8. The Morgan fingerprint density at radius 2 is 1.96 bits per heavy atom. The third-order valence-electron chi connectivity index (χ3n) is 3.98. The number of carbonyl (C=O) groups excluding carboxylic acids is 1. The summed E-state index contributed by atoms with van der Waals surface area (Å²) in [6, 6.07) is 7.24. The van der Waals surface area contributed by atoms with Crippen LogP contribution in [0, 0.1) is 0 Å². The standard InChI is InChI=1S/C17H26N4O3S.2ClH/c1-3-4-7-13(10-18)19-17(22)11-21-15-9-6-5-8-14(15)20-16(21)12-25(2,23)24;;/h5-6,8-9,13H,3-4,7,10-12,18H2,1-2H3,(H,19,22);2*1H. The van der Waals surface area contributed by atoms with Gasteiger partial charge in [0.15, 0.2) is 9.84 Å². The number of hydrogen-bond donors (Lipinski definition) is 2. The van der Waals surface area contributed by atoms with Gasteiger partial charge in [0.1, 0.15) is 18.1 Å². The maximum absolute atomic E-state index is 12.4. The Hall–Kier alpha value is -1.35. The lowest BCUT2D eigenvalue weighted by atomic mass is 10.1. The quantitative estimate of drug-likeness (QED) is 0.622. The second kappa shape index (κ2) is 11.5. The average molecular weight is 439 g/mol. The van der Waals surface area contributed by atoms with Crippen molar-refractivity contribution in [1.29, 1.82) is 0 Å². The van der Waals surface area contributed by atoms with E-state index in [9.17, 15) is 13.2 Å². The number of aromatic nitrogens is 2. The molecule has 0 aliphatic heterocycles. The molecule has 0 aliphatic rings. The van der Waals surface area contributed by atoms with Gasteiger partial charge in [-0.3, -0.25) is 4.79 Å². The molecule has 1 aromatic heterocycles. The number of nitrogens with two attached hydrogens (primary N) is 1. The van der Waals surface area contributed by atoms with Gasteiger partial charge in [-0.05, 0) is 18.6 Å². The van der Waals surface area contributed by atoms with Gasteiger partial charge in [0.25, 0.3) is 0 Å². The zero-order valence-electron chi connectivity index (χ0n) is 15.6. The van der Waals surface area contributed by atoms with Crippen molar-refractivity contribution in [1.82, 2.24) is 14.9 Å². The molecule has 1 heterocycles. The summed E-state index contributed by atoms with van der Waals surface area (Å²) < 4.78 is 25.0. The van der Waals surface area contributed by atoms with E-state index in [4.69, 9.17) is 5.73 Å². The maximum Gasteiger partial charge on any atom is 0.240 e. The number of amides is 1. The lowest BCUT2D eigenvalue weighted by Crippen LogP contribution is -2.41. The molecular weight excluding hydrogens is 411 g/mol. The normalized spacial score (nSPS) is 12.1. The zero-order valence-corrected chi connectivity index (χ0v) is 18.0. The summed E-state index contributed by atoms with van der Waals surface area (Å²) in [5.74, 6) is -0.0216. The molecule has 10 heteroatoms. The van der Waals surface area contributed by atoms with Crippen LogP contribution in [0.1, 0.15) is 32.0 Å². The third kappa shape index (κ3) is 7.65. The number of nitrogens with one attached hydrogen (secondary N) is 1. The lowest BCUT2D eigenvalue weighted by molar-refractivity contribution is -0.122. The molecule has 1 amide bonds. The summed E-state index contributed by atoms with van der Waals surface area (Å²) in [6.07, 6.45) is 4.03. The van der Waals surface area contributed by atoms with E-state index in [-0.39, 0.29) is 49.1 Å². The van der Waals surface area contributed by atoms with Crippen molar-refractivity contribution in [2.75, 3.05) is 12.8 Å². The van der Waals surface area contributed by atoms with Crippen LogP contribution in [0.15, 0.2) is 24.3 Å². The number of hydrogen-bond acceptors (Lipinski definition) is 5. The predicted octanol–water partition coefficient (Wildman–Crippen LogP) is 2.06. The highest BCUT2D eigenvalue weighted by Gasteiger charge is 2.18. The summed E-state index contributed by atoms with van der Waals surface area (Å²) in [5, 5.41) is 2.93. The Morgan fingerprint density at radius 1 is 1.30 bits per heavy atom. The van der Waals surface area contributed by atoms with Crippen molar-refractivity contribution in [2.24, 2.45) is 5.73 Å². The smallest absolute Gasteiger partial charge is 0.240 e. The molecule has 1 unspecified atom stereocenters. The van der Waals surface area contributed by atoms with Crippen molar-refractivity contribution in [2.45, 2.75) is 44.5 Å². The molecule has 0 spiro atoms. The summed E-state index contributed by atoms with van der Waals surface area (Å²) in [7, 11) is -3.26. The first-order chi connectivity index (χ1) is 11.8. The Balaban J connectivity index is 0.00000338. The number of halogens is 2. The highest BCUT2D eigenvalue weighted by Crippen LogP contribution is 2.17. The number of fused-ring (bicyclic) bond motifs is 1. The molecule has 27 heavy (non-hydrogen) atoms. The van der Waals surface area contributed by atoms with Gasteiger partial charge in [0.2, 0.25) is 5.91 Å². The minimum atomic E-state index is -3.26. The number of carbonyl (C=O) groups is 1. The number of sulfone groups is 1. The number of unbranched alkanes of at least 4 members (excludes halogenated alkanes) is 1. The summed E-state index contributed by atoms with van der Waals surface area (Å²) in [6.45, 7) is 2.49. The molecule has 3 N–H and O–H groups in total. The van der Waals surface area contributed by atoms with Gasteiger partial charge >= 0.3 is 0 Å². The molecule has 0 fully saturated rings. The molecule has 0 bridgehead atoms. The van der Waals surface area contributed by atoms with Crippen LogP contribution in [-0.4, -0.2) is 42.7 Å². The molecule has 7 nitrogen and oxygen atoms in total. The molecule has 0 aliphatic carbocycles. The van der Waals surface area contributed by atoms with E-state index >= 15 is 0 Å². The Morgan fingerprint density at radius 3 is 2.56 bits per heavy atom. The Bertz CT molecular complexity index is 840. The molecule has 1 aromatic carbocycles. The van der Waals surface area contributed by atoms with E-state index in [0.717, 1.165) is 31.0 Å². The van der Waals surface area contributed by atoms with E-state index in [0.29, 0.717) is 17.9 Å². The van der Waals surface area contributed by atoms with Crippen LogP contribution in [0.4, 0.5) is 0 Å². The number of imidazole rings is 1. The van der Waals surface area contributed by atoms with Crippen molar-refractivity contribution >= 4 is 51.6 Å². The van der Waals surface area contributed by atoms with Crippen molar-refractivity contribution in [3.05, 3.63) is 30.1 Å². The maximum atomic E-state index is 12.4. The van der Waals surface area contributed by atoms with Gasteiger partial charge in [-0.2, -0.15) is 0 Å². The number of rotatable bonds is 9. The lowest BCUT2D eigenvalue weighted by Gasteiger charge is -2.17. The molecule has 0 saturated heterocycles. The average Bonchev–Trinajstić information content (AvgIpc) is 2.87. The molecule has 0 radical (unpaired) electrons. The summed E-state index contributed by atoms with van der Waals surface area (Å²) in [5.41, 5.74) is 7.15. The fourth-order valence-corrected chi connectivity index (χ4v) is 3.45. The predicted molar refractivity (Wildman–Crippen MR) is 113 cm³/mol. The van der Waals surface area contributed by atoms with Crippen LogP contribution in [-0.2, 0) is 26.9 Å². The van der Waals surface area contributed by atoms with Crippen LogP contribution < -0.4 is 11.1 Å². The highest BCUT2D eigenvalue weighted by atomic mass is 35.5. The van der Waals surface area contributed by atoms with Gasteiger partial charge in [-0.1, -0.05) is 31.9 Å². The molecule has 2 aromatic rings. The Labute approximate surface area is 172 Å². The van der Waals surface area contributed by atoms with Gasteiger partial charge in [-0.25, -0.2) is 13.4 Å². The van der Waals surface area contributed by atoms with E-state index in [1.54, 1.807) is 10.6 Å². The largest absolute Gasteiger partial charge is 0.351 e. The molecule has 2 rings (SSSR count). The second-order valence-corrected chi connectivity index (χ2v) is 8.46. The van der Waals surface area contributed by atoms with Gasteiger partial charge < -0.3 is 15.6 Å². The molecule has 1 atom stereocenters. The van der Waals surface area contributed by atoms with Crippen molar-refractivity contribution in [3.63, 3.8) is 0 Å². The Kier molecular flexibility index (Phi) is 10.9. The number of benzene rings is 1. The SMILES string of the molecule is CCCCC(CN)NC(=O)Cn1c(CS(C)(=O)=O)nc2ccccc21.Cl.Cl. The molecular formula is C17H28Cl2N4O3S. The van der Waals surface area contributed by atoms with Crippen LogP contribution in [0.3, 0.4) is 0 Å². The van der Waals surface area contributed by atoms with Crippen molar-refractivity contribution < 1.29 is 13.2 Å². The number of para-hydroxylation sites is 2. The highest BCUT2D eigenvalue weighted by molar-refractivity contribution is 7.89. The van der Waals surface area contributed by atoms with E-state index in [2.05, 4.69) is 17.2 Å². The van der Waals surface area contributed by atoms with Crippen LogP contribution >= 0.6 is 24.8 Å². The minimum Gasteiger partial charge on any atom is -0.351 e. The van der Waals surface area contributed by atoms with E-state index in [1.807, 2.05) is 18.2 Å². The van der Waals surface area contributed by atoms with Gasteiger partial charge in [0.05, 0.1) is 11.0 Å². The first-order valence-electron chi connectivity index (χ1n) is 8.45. The van der Waals surface area contributed by atoms with E-state index < -0.39 is 9.84 Å². The summed E-state index contributed by atoms with van der Waals surface area (Å²) >= 11 is 0. The first-order valence-corrected chi connectivity index (χ1v) is 10.5. The topological polar surface area (TPSA) is 107 Å². The monoisotopic (exact) mass is 438 g/mol. The fraction of sp³-hybridized carbons (Fsp3) is 0.529. The number of nitrogens with zero attached hydrogens (tertiary/aromatic N) is 2. The van der Waals surface area contributed by atoms with Gasteiger partial charge in [-0.15, -0.1) is 24.8 Å². The van der Waals surface area contributed by atoms with Crippen LogP contribution in [0.25, 0.3) is 11.0 Å². The van der Waals surface area contributed by atoms with Crippen LogP contribution in [0.5, 0.6) is 0 Å². The van der Waals surface area contributed by atoms with Gasteiger partial charge in [0, 0.05) is 18.8 Å². The van der Waals surface area contributed by atoms with Crippen molar-refractivity contribution in [3.8, 4) is 0 Å². The fourth-order valence-electron chi connectivity index (χ4n) is 2.76. The molecule has 0 saturated carbocycles. The molecule has 154 valence electrons. The van der Waals surface area contributed by atoms with Crippen LogP contribution in [0.2, 0.25) is 0 Å². The third-order valence-corrected chi connectivity index (χ3v) is 4.76. The first kappa shape index (κ1) is 25.7. The minimum absolute atomic E-state index is 0.